The van der Waals surface area contributed by atoms with Crippen LogP contribution in [0.3, 0.4) is 0 Å². The molecule has 2 aromatic rings. The SMILES string of the molecule is COc1nccc2cc(NC(=O)NC3CC(N(CC(=O)O)CC4CC4)C3)ccc12. The van der Waals surface area contributed by atoms with E-state index in [1.165, 1.54) is 12.8 Å². The average Bonchev–Trinajstić information content (AvgIpc) is 3.46. The summed E-state index contributed by atoms with van der Waals surface area (Å²) in [4.78, 5) is 29.7. The van der Waals surface area contributed by atoms with Crippen LogP contribution in [-0.2, 0) is 4.79 Å². The molecule has 0 spiro atoms. The Morgan fingerprint density at radius 3 is 2.76 bits per heavy atom. The maximum Gasteiger partial charge on any atom is 0.319 e. The Hall–Kier alpha value is -2.87. The fourth-order valence-corrected chi connectivity index (χ4v) is 3.90. The van der Waals surface area contributed by atoms with Crippen molar-refractivity contribution in [2.75, 3.05) is 25.5 Å². The summed E-state index contributed by atoms with van der Waals surface area (Å²) in [5.41, 5.74) is 0.695. The average molecular weight is 398 g/mol. The molecule has 4 rings (SSSR count). The van der Waals surface area contributed by atoms with E-state index >= 15 is 0 Å². The number of aromatic nitrogens is 1. The fourth-order valence-electron chi connectivity index (χ4n) is 3.90. The highest BCUT2D eigenvalue weighted by molar-refractivity contribution is 5.95. The summed E-state index contributed by atoms with van der Waals surface area (Å²) >= 11 is 0. The van der Waals surface area contributed by atoms with Gasteiger partial charge in [-0.15, -0.1) is 0 Å². The molecule has 1 aromatic heterocycles. The number of carbonyl (C=O) groups excluding carboxylic acids is 1. The summed E-state index contributed by atoms with van der Waals surface area (Å²) in [6.45, 7) is 0.931. The van der Waals surface area contributed by atoms with Crippen LogP contribution in [0.1, 0.15) is 25.7 Å². The number of aliphatic carboxylic acids is 1. The number of amides is 2. The first kappa shape index (κ1) is 19.4. The van der Waals surface area contributed by atoms with Crippen LogP contribution >= 0.6 is 0 Å². The van der Waals surface area contributed by atoms with Gasteiger partial charge in [-0.3, -0.25) is 9.69 Å². The summed E-state index contributed by atoms with van der Waals surface area (Å²) in [5, 5.41) is 16.8. The highest BCUT2D eigenvalue weighted by Crippen LogP contribution is 2.34. The zero-order valence-electron chi connectivity index (χ0n) is 16.4. The van der Waals surface area contributed by atoms with Crippen molar-refractivity contribution >= 4 is 28.5 Å². The first-order chi connectivity index (χ1) is 14.0. The molecule has 0 atom stereocenters. The number of hydrogen-bond acceptors (Lipinski definition) is 5. The number of anilines is 1. The molecule has 3 N–H and O–H groups in total. The van der Waals surface area contributed by atoms with E-state index in [-0.39, 0.29) is 24.7 Å². The summed E-state index contributed by atoms with van der Waals surface area (Å²) < 4.78 is 5.25. The standard InChI is InChI=1S/C21H26N4O4/c1-29-20-18-5-4-15(8-14(18)6-7-22-20)23-21(28)24-16-9-17(10-16)25(12-19(26)27)11-13-2-3-13/h4-8,13,16-17H,2-3,9-12H2,1H3,(H,26,27)(H2,23,24,28). The number of fused-ring (bicyclic) bond motifs is 1. The molecule has 0 radical (unpaired) electrons. The van der Waals surface area contributed by atoms with Crippen LogP contribution in [0.25, 0.3) is 10.8 Å². The second-order valence-corrected chi connectivity index (χ2v) is 7.94. The van der Waals surface area contributed by atoms with E-state index in [1.54, 1.807) is 13.3 Å². The highest BCUT2D eigenvalue weighted by Gasteiger charge is 2.37. The van der Waals surface area contributed by atoms with E-state index in [0.29, 0.717) is 17.5 Å². The van der Waals surface area contributed by atoms with Crippen molar-refractivity contribution in [3.05, 3.63) is 30.5 Å². The van der Waals surface area contributed by atoms with E-state index in [1.807, 2.05) is 24.3 Å². The van der Waals surface area contributed by atoms with Gasteiger partial charge in [-0.05, 0) is 61.3 Å². The number of methoxy groups -OCH3 is 1. The fraction of sp³-hybridized carbons (Fsp3) is 0.476. The van der Waals surface area contributed by atoms with E-state index in [9.17, 15) is 9.59 Å². The van der Waals surface area contributed by atoms with Crippen LogP contribution < -0.4 is 15.4 Å². The minimum Gasteiger partial charge on any atom is -0.481 e. The third-order valence-corrected chi connectivity index (χ3v) is 5.67. The van der Waals surface area contributed by atoms with Gasteiger partial charge in [0, 0.05) is 35.9 Å². The Kier molecular flexibility index (Phi) is 5.53. The van der Waals surface area contributed by atoms with Crippen molar-refractivity contribution < 1.29 is 19.4 Å². The van der Waals surface area contributed by atoms with E-state index in [2.05, 4.69) is 20.5 Å². The number of benzene rings is 1. The smallest absolute Gasteiger partial charge is 0.319 e. The van der Waals surface area contributed by atoms with Crippen LogP contribution in [0.2, 0.25) is 0 Å². The summed E-state index contributed by atoms with van der Waals surface area (Å²) in [6.07, 6.45) is 5.63. The van der Waals surface area contributed by atoms with Gasteiger partial charge in [-0.25, -0.2) is 9.78 Å². The van der Waals surface area contributed by atoms with Gasteiger partial charge in [0.15, 0.2) is 0 Å². The van der Waals surface area contributed by atoms with Crippen molar-refractivity contribution in [2.24, 2.45) is 5.92 Å². The van der Waals surface area contributed by atoms with Crippen LogP contribution in [0.4, 0.5) is 10.5 Å². The number of nitrogens with one attached hydrogen (secondary N) is 2. The summed E-state index contributed by atoms with van der Waals surface area (Å²) in [5.74, 6) is 0.408. The van der Waals surface area contributed by atoms with Crippen molar-refractivity contribution in [1.29, 1.82) is 0 Å². The number of hydrogen-bond donors (Lipinski definition) is 3. The van der Waals surface area contributed by atoms with E-state index < -0.39 is 5.97 Å². The molecule has 0 bridgehead atoms. The molecule has 154 valence electrons. The molecule has 8 heteroatoms. The van der Waals surface area contributed by atoms with Gasteiger partial charge in [-0.1, -0.05) is 0 Å². The Labute approximate surface area is 169 Å². The van der Waals surface area contributed by atoms with E-state index in [0.717, 1.165) is 30.2 Å². The molecule has 2 amide bonds. The maximum absolute atomic E-state index is 12.3. The van der Waals surface area contributed by atoms with E-state index in [4.69, 9.17) is 9.84 Å². The molecule has 0 unspecified atom stereocenters. The molecular weight excluding hydrogens is 372 g/mol. The lowest BCUT2D eigenvalue weighted by Gasteiger charge is -2.42. The zero-order valence-corrected chi connectivity index (χ0v) is 16.4. The Balaban J connectivity index is 1.29. The van der Waals surface area contributed by atoms with Gasteiger partial charge in [0.2, 0.25) is 5.88 Å². The number of urea groups is 1. The second kappa shape index (κ2) is 8.24. The number of carboxylic acids is 1. The molecule has 29 heavy (non-hydrogen) atoms. The lowest BCUT2D eigenvalue weighted by Crippen LogP contribution is -2.55. The minimum absolute atomic E-state index is 0.0697. The first-order valence-electron chi connectivity index (χ1n) is 9.98. The first-order valence-corrected chi connectivity index (χ1v) is 9.98. The van der Waals surface area contributed by atoms with Crippen LogP contribution in [0.15, 0.2) is 30.5 Å². The molecule has 0 saturated heterocycles. The Morgan fingerprint density at radius 2 is 2.07 bits per heavy atom. The summed E-state index contributed by atoms with van der Waals surface area (Å²) in [6, 6.07) is 7.50. The lowest BCUT2D eigenvalue weighted by molar-refractivity contribution is -0.139. The minimum atomic E-state index is -0.789. The molecule has 0 aliphatic heterocycles. The number of carboxylic acid groups (broad SMARTS) is 1. The van der Waals surface area contributed by atoms with Gasteiger partial charge in [0.25, 0.3) is 0 Å². The van der Waals surface area contributed by atoms with Crippen LogP contribution in [0.5, 0.6) is 5.88 Å². The molecule has 2 aliphatic rings. The highest BCUT2D eigenvalue weighted by atomic mass is 16.5. The molecule has 1 heterocycles. The number of ether oxygens (including phenoxy) is 1. The van der Waals surface area contributed by atoms with Gasteiger partial charge in [-0.2, -0.15) is 0 Å². The molecule has 2 aliphatic carbocycles. The molecule has 2 saturated carbocycles. The van der Waals surface area contributed by atoms with Crippen LogP contribution in [-0.4, -0.2) is 59.3 Å². The monoisotopic (exact) mass is 398 g/mol. The van der Waals surface area contributed by atoms with Crippen molar-refractivity contribution in [3.8, 4) is 5.88 Å². The predicted molar refractivity (Wildman–Crippen MR) is 109 cm³/mol. The second-order valence-electron chi connectivity index (χ2n) is 7.94. The zero-order chi connectivity index (χ0) is 20.4. The molecule has 2 fully saturated rings. The largest absolute Gasteiger partial charge is 0.481 e. The van der Waals surface area contributed by atoms with Gasteiger partial charge in [0.1, 0.15) is 0 Å². The predicted octanol–water partition coefficient (Wildman–Crippen LogP) is 2.69. The quantitative estimate of drug-likeness (QED) is 0.632. The third kappa shape index (κ3) is 4.76. The number of nitrogens with zero attached hydrogens (tertiary/aromatic N) is 2. The van der Waals surface area contributed by atoms with Crippen molar-refractivity contribution in [2.45, 2.75) is 37.8 Å². The molecule has 1 aromatic carbocycles. The Morgan fingerprint density at radius 1 is 1.28 bits per heavy atom. The van der Waals surface area contributed by atoms with Gasteiger partial charge < -0.3 is 20.5 Å². The van der Waals surface area contributed by atoms with Crippen molar-refractivity contribution in [1.82, 2.24) is 15.2 Å². The number of pyridine rings is 1. The van der Waals surface area contributed by atoms with Crippen LogP contribution in [0, 0.1) is 5.92 Å². The topological polar surface area (TPSA) is 104 Å². The molecular formula is C21H26N4O4. The Bertz CT molecular complexity index is 909. The number of carbonyl (C=O) groups is 2. The normalized spacial score (nSPS) is 20.9. The van der Waals surface area contributed by atoms with Gasteiger partial charge in [0.05, 0.1) is 13.7 Å². The third-order valence-electron chi connectivity index (χ3n) is 5.67. The summed E-state index contributed by atoms with van der Waals surface area (Å²) in [7, 11) is 1.58. The number of rotatable bonds is 8. The molecule has 8 nitrogen and oxygen atoms in total. The van der Waals surface area contributed by atoms with Crippen molar-refractivity contribution in [3.63, 3.8) is 0 Å². The maximum atomic E-state index is 12.3. The van der Waals surface area contributed by atoms with Gasteiger partial charge >= 0.3 is 12.0 Å². The lowest BCUT2D eigenvalue weighted by atomic mass is 9.85.